The molecule has 2 aromatic rings. The van der Waals surface area contributed by atoms with E-state index >= 15 is 0 Å². The first-order valence-electron chi connectivity index (χ1n) is 8.14. The number of carbonyl (C=O) groups is 1. The van der Waals surface area contributed by atoms with Gasteiger partial charge in [-0.05, 0) is 36.1 Å². The molecule has 0 radical (unpaired) electrons. The van der Waals surface area contributed by atoms with Gasteiger partial charge in [0.05, 0.1) is 0 Å². The molecule has 1 aliphatic rings. The van der Waals surface area contributed by atoms with E-state index in [1.54, 1.807) is 6.08 Å². The lowest BCUT2D eigenvalue weighted by Crippen LogP contribution is -2.08. The second-order valence-electron chi connectivity index (χ2n) is 4.73. The quantitative estimate of drug-likeness (QED) is 0.643. The smallest absolute Gasteiger partial charge is 0.186 e. The number of aryl methyl sites for hydroxylation is 1. The normalized spacial score (nSPS) is 12.0. The zero-order valence-corrected chi connectivity index (χ0v) is 14.3. The van der Waals surface area contributed by atoms with Crippen LogP contribution >= 0.6 is 0 Å². The highest BCUT2D eigenvalue weighted by Gasteiger charge is 2.17. The van der Waals surface area contributed by atoms with Gasteiger partial charge in [-0.25, -0.2) is 0 Å². The SMILES string of the molecule is CC.CC.Cc1ccc(C2=CC(=O)c3ccccc3C2)cc1. The second-order valence-corrected chi connectivity index (χ2v) is 4.73. The molecule has 0 bridgehead atoms. The molecule has 0 saturated heterocycles. The Morgan fingerprint density at radius 1 is 0.818 bits per heavy atom. The molecule has 0 aromatic heterocycles. The fourth-order valence-electron chi connectivity index (χ4n) is 2.36. The Balaban J connectivity index is 0.000000561. The number of hydrogen-bond donors (Lipinski definition) is 0. The van der Waals surface area contributed by atoms with Gasteiger partial charge in [0.1, 0.15) is 0 Å². The van der Waals surface area contributed by atoms with E-state index in [1.165, 1.54) is 5.56 Å². The van der Waals surface area contributed by atoms with Crippen molar-refractivity contribution in [3.8, 4) is 0 Å². The lowest BCUT2D eigenvalue weighted by atomic mass is 9.87. The zero-order chi connectivity index (χ0) is 16.5. The first-order chi connectivity index (χ1) is 10.7. The first kappa shape index (κ1) is 17.9. The van der Waals surface area contributed by atoms with Gasteiger partial charge in [0.2, 0.25) is 0 Å². The largest absolute Gasteiger partial charge is 0.289 e. The fourth-order valence-corrected chi connectivity index (χ4v) is 2.36. The molecule has 0 aliphatic heterocycles. The van der Waals surface area contributed by atoms with Crippen LogP contribution in [0.1, 0.15) is 54.7 Å². The van der Waals surface area contributed by atoms with Crippen LogP contribution in [0.15, 0.2) is 54.6 Å². The Kier molecular flexibility index (Phi) is 7.31. The van der Waals surface area contributed by atoms with Gasteiger partial charge in [0.15, 0.2) is 5.78 Å². The molecular weight excluding hydrogens is 268 g/mol. The Labute approximate surface area is 134 Å². The lowest BCUT2D eigenvalue weighted by Gasteiger charge is -2.16. The number of benzene rings is 2. The van der Waals surface area contributed by atoms with Crippen LogP contribution in [0, 0.1) is 6.92 Å². The average molecular weight is 294 g/mol. The van der Waals surface area contributed by atoms with Crippen molar-refractivity contribution in [2.24, 2.45) is 0 Å². The first-order valence-corrected chi connectivity index (χ1v) is 8.14. The van der Waals surface area contributed by atoms with Crippen LogP contribution < -0.4 is 0 Å². The summed E-state index contributed by atoms with van der Waals surface area (Å²) in [5, 5.41) is 0. The molecule has 3 rings (SSSR count). The molecule has 2 aromatic carbocycles. The van der Waals surface area contributed by atoms with E-state index in [9.17, 15) is 4.79 Å². The molecule has 1 heteroatoms. The van der Waals surface area contributed by atoms with E-state index in [2.05, 4.69) is 31.2 Å². The molecule has 0 fully saturated rings. The van der Waals surface area contributed by atoms with Crippen molar-refractivity contribution in [3.05, 3.63) is 76.9 Å². The summed E-state index contributed by atoms with van der Waals surface area (Å²) in [6.07, 6.45) is 2.61. The maximum Gasteiger partial charge on any atom is 0.186 e. The van der Waals surface area contributed by atoms with Crippen LogP contribution in [0.2, 0.25) is 0 Å². The molecule has 0 unspecified atom stereocenters. The predicted molar refractivity (Wildman–Crippen MR) is 96.3 cm³/mol. The third-order valence-corrected chi connectivity index (χ3v) is 3.39. The summed E-state index contributed by atoms with van der Waals surface area (Å²) >= 11 is 0. The monoisotopic (exact) mass is 294 g/mol. The van der Waals surface area contributed by atoms with Gasteiger partial charge in [-0.2, -0.15) is 0 Å². The maximum atomic E-state index is 12.1. The van der Waals surface area contributed by atoms with Crippen molar-refractivity contribution in [1.29, 1.82) is 0 Å². The van der Waals surface area contributed by atoms with Gasteiger partial charge in [-0.3, -0.25) is 4.79 Å². The molecule has 1 nitrogen and oxygen atoms in total. The Hall–Kier alpha value is -2.15. The molecule has 0 spiro atoms. The maximum absolute atomic E-state index is 12.1. The number of carbonyl (C=O) groups excluding carboxylic acids is 1. The van der Waals surface area contributed by atoms with E-state index in [-0.39, 0.29) is 5.78 Å². The van der Waals surface area contributed by atoms with E-state index in [1.807, 2.05) is 52.0 Å². The van der Waals surface area contributed by atoms with Gasteiger partial charge in [-0.15, -0.1) is 0 Å². The van der Waals surface area contributed by atoms with Crippen LogP contribution in [0.4, 0.5) is 0 Å². The molecule has 0 saturated carbocycles. The zero-order valence-electron chi connectivity index (χ0n) is 14.3. The fraction of sp³-hybridized carbons (Fsp3) is 0.286. The van der Waals surface area contributed by atoms with Crippen molar-refractivity contribution >= 4 is 11.4 Å². The van der Waals surface area contributed by atoms with Crippen LogP contribution in [0.3, 0.4) is 0 Å². The van der Waals surface area contributed by atoms with Crippen LogP contribution in [0.25, 0.3) is 5.57 Å². The van der Waals surface area contributed by atoms with Gasteiger partial charge < -0.3 is 0 Å². The van der Waals surface area contributed by atoms with Gasteiger partial charge in [-0.1, -0.05) is 81.8 Å². The molecule has 0 amide bonds. The number of fused-ring (bicyclic) bond motifs is 1. The Bertz CT molecular complexity index is 633. The minimum absolute atomic E-state index is 0.118. The average Bonchev–Trinajstić information content (AvgIpc) is 2.59. The summed E-state index contributed by atoms with van der Waals surface area (Å²) < 4.78 is 0. The summed E-state index contributed by atoms with van der Waals surface area (Å²) in [4.78, 5) is 12.1. The minimum atomic E-state index is 0.118. The van der Waals surface area contributed by atoms with Crippen LogP contribution in [0.5, 0.6) is 0 Å². The highest BCUT2D eigenvalue weighted by Crippen LogP contribution is 2.27. The number of rotatable bonds is 1. The molecule has 0 N–H and O–H groups in total. The second kappa shape index (κ2) is 8.99. The van der Waals surface area contributed by atoms with Crippen molar-refractivity contribution < 1.29 is 4.79 Å². The van der Waals surface area contributed by atoms with E-state index in [0.717, 1.165) is 28.7 Å². The van der Waals surface area contributed by atoms with Crippen molar-refractivity contribution in [3.63, 3.8) is 0 Å². The van der Waals surface area contributed by atoms with Crippen LogP contribution in [-0.2, 0) is 6.42 Å². The number of ketones is 1. The van der Waals surface area contributed by atoms with Crippen molar-refractivity contribution in [1.82, 2.24) is 0 Å². The van der Waals surface area contributed by atoms with E-state index < -0.39 is 0 Å². The third-order valence-electron chi connectivity index (χ3n) is 3.39. The van der Waals surface area contributed by atoms with Crippen molar-refractivity contribution in [2.75, 3.05) is 0 Å². The molecule has 0 heterocycles. The van der Waals surface area contributed by atoms with Gasteiger partial charge in [0.25, 0.3) is 0 Å². The third kappa shape index (κ3) is 4.17. The van der Waals surface area contributed by atoms with Gasteiger partial charge >= 0.3 is 0 Å². The molecular formula is C21H26O. The number of hydrogen-bond acceptors (Lipinski definition) is 1. The summed E-state index contributed by atoms with van der Waals surface area (Å²) in [6, 6.07) is 16.2. The minimum Gasteiger partial charge on any atom is -0.289 e. The Morgan fingerprint density at radius 3 is 2.05 bits per heavy atom. The highest BCUT2D eigenvalue weighted by atomic mass is 16.1. The van der Waals surface area contributed by atoms with E-state index in [4.69, 9.17) is 0 Å². The standard InChI is InChI=1S/C17H14O.2C2H6/c1-12-6-8-13(9-7-12)15-10-14-4-2-3-5-16(14)17(18)11-15;2*1-2/h2-9,11H,10H2,1H3;2*1-2H3. The molecule has 1 aliphatic carbocycles. The van der Waals surface area contributed by atoms with Crippen LogP contribution in [-0.4, -0.2) is 5.78 Å². The highest BCUT2D eigenvalue weighted by molar-refractivity contribution is 6.11. The lowest BCUT2D eigenvalue weighted by molar-refractivity contribution is 0.104. The molecule has 116 valence electrons. The van der Waals surface area contributed by atoms with Crippen molar-refractivity contribution in [2.45, 2.75) is 41.0 Å². The molecule has 22 heavy (non-hydrogen) atoms. The van der Waals surface area contributed by atoms with Gasteiger partial charge in [0, 0.05) is 5.56 Å². The topological polar surface area (TPSA) is 17.1 Å². The molecule has 0 atom stereocenters. The van der Waals surface area contributed by atoms with E-state index in [0.29, 0.717) is 0 Å². The summed E-state index contributed by atoms with van der Waals surface area (Å²) in [5.74, 6) is 0.118. The Morgan fingerprint density at radius 2 is 1.41 bits per heavy atom. The predicted octanol–water partition coefficient (Wildman–Crippen LogP) is 5.87. The summed E-state index contributed by atoms with van der Waals surface area (Å²) in [5.41, 5.74) is 5.46. The summed E-state index contributed by atoms with van der Waals surface area (Å²) in [7, 11) is 0. The number of allylic oxidation sites excluding steroid dienone is 2. The summed E-state index contributed by atoms with van der Waals surface area (Å²) in [6.45, 7) is 10.1.